The molecule has 2 N–H and O–H groups in total. The van der Waals surface area contributed by atoms with Gasteiger partial charge in [-0.05, 0) is 35.4 Å². The Morgan fingerprint density at radius 1 is 0.773 bits per heavy atom. The van der Waals surface area contributed by atoms with Crippen molar-refractivity contribution in [2.24, 2.45) is 0 Å². The maximum absolute atomic E-state index is 12.5. The summed E-state index contributed by atoms with van der Waals surface area (Å²) in [6.45, 7) is 0. The largest absolute Gasteiger partial charge is 0.573 e. The minimum Gasteiger partial charge on any atom is -0.406 e. The second kappa shape index (κ2) is 5.43. The lowest BCUT2D eigenvalue weighted by Gasteiger charge is -2.12. The molecule has 22 heavy (non-hydrogen) atoms. The maximum atomic E-state index is 12.5. The molecule has 0 amide bonds. The molecule has 2 rings (SSSR count). The number of anilines is 1. The Labute approximate surface area is 121 Å². The molecule has 2 nitrogen and oxygen atoms in total. The molecule has 0 aliphatic rings. The second-order valence-corrected chi connectivity index (χ2v) is 4.41. The van der Waals surface area contributed by atoms with Gasteiger partial charge >= 0.3 is 12.5 Å². The summed E-state index contributed by atoms with van der Waals surface area (Å²) in [7, 11) is 0. The van der Waals surface area contributed by atoms with Crippen molar-refractivity contribution >= 4 is 5.69 Å². The fraction of sp³-hybridized carbons (Fsp3) is 0.143. The van der Waals surface area contributed by atoms with Gasteiger partial charge in [0, 0.05) is 11.8 Å². The summed E-state index contributed by atoms with van der Waals surface area (Å²) in [6.07, 6.45) is -9.37. The van der Waals surface area contributed by atoms with E-state index in [4.69, 9.17) is 5.73 Å². The molecule has 118 valence electrons. The van der Waals surface area contributed by atoms with Gasteiger partial charge < -0.3 is 10.5 Å². The molecule has 0 saturated heterocycles. The fourth-order valence-corrected chi connectivity index (χ4v) is 1.83. The Hall–Kier alpha value is -2.38. The molecule has 2 aromatic carbocycles. The maximum Gasteiger partial charge on any atom is 0.573 e. The third-order valence-corrected chi connectivity index (χ3v) is 2.71. The molecule has 0 unspecified atom stereocenters. The molecule has 8 heteroatoms. The Bertz CT molecular complexity index is 661. The van der Waals surface area contributed by atoms with Crippen molar-refractivity contribution in [2.75, 3.05) is 5.73 Å². The Kier molecular flexibility index (Phi) is 3.95. The number of alkyl halides is 6. The van der Waals surface area contributed by atoms with E-state index in [2.05, 4.69) is 4.74 Å². The minimum atomic E-state index is -4.88. The van der Waals surface area contributed by atoms with Gasteiger partial charge in [-0.15, -0.1) is 13.2 Å². The summed E-state index contributed by atoms with van der Waals surface area (Å²) >= 11 is 0. The topological polar surface area (TPSA) is 35.2 Å². The SMILES string of the molecule is Nc1cc(OC(F)(F)F)cc(-c2ccc(C(F)(F)F)cc2)c1. The lowest BCUT2D eigenvalue weighted by molar-refractivity contribution is -0.274. The monoisotopic (exact) mass is 321 g/mol. The first-order valence-electron chi connectivity index (χ1n) is 5.88. The van der Waals surface area contributed by atoms with Crippen LogP contribution in [0, 0.1) is 0 Å². The summed E-state index contributed by atoms with van der Waals surface area (Å²) < 4.78 is 77.8. The van der Waals surface area contributed by atoms with E-state index in [9.17, 15) is 26.3 Å². The van der Waals surface area contributed by atoms with E-state index in [0.29, 0.717) is 0 Å². The number of hydrogen-bond donors (Lipinski definition) is 1. The predicted molar refractivity (Wildman–Crippen MR) is 68.0 cm³/mol. The second-order valence-electron chi connectivity index (χ2n) is 4.41. The van der Waals surface area contributed by atoms with E-state index in [1.807, 2.05) is 0 Å². The van der Waals surface area contributed by atoms with Crippen molar-refractivity contribution in [2.45, 2.75) is 12.5 Å². The highest BCUT2D eigenvalue weighted by atomic mass is 19.4. The zero-order chi connectivity index (χ0) is 16.5. The lowest BCUT2D eigenvalue weighted by atomic mass is 10.0. The third-order valence-electron chi connectivity index (χ3n) is 2.71. The van der Waals surface area contributed by atoms with Crippen LogP contribution >= 0.6 is 0 Å². The number of ether oxygens (including phenoxy) is 1. The summed E-state index contributed by atoms with van der Waals surface area (Å²) in [5.41, 5.74) is 5.13. The minimum absolute atomic E-state index is 0.00310. The standard InChI is InChI=1S/C14H9F6NO/c15-13(16,17)10-3-1-8(2-4-10)9-5-11(21)7-12(6-9)22-14(18,19)20/h1-7H,21H2. The van der Waals surface area contributed by atoms with Gasteiger partial charge in [0.25, 0.3) is 0 Å². The molecule has 0 heterocycles. The number of nitrogens with two attached hydrogens (primary N) is 1. The van der Waals surface area contributed by atoms with Crippen LogP contribution in [0.15, 0.2) is 42.5 Å². The van der Waals surface area contributed by atoms with Crippen molar-refractivity contribution in [3.8, 4) is 16.9 Å². The van der Waals surface area contributed by atoms with Gasteiger partial charge in [-0.25, -0.2) is 0 Å². The number of benzene rings is 2. The van der Waals surface area contributed by atoms with Gasteiger partial charge in [0.1, 0.15) is 5.75 Å². The highest BCUT2D eigenvalue weighted by Gasteiger charge is 2.32. The van der Waals surface area contributed by atoms with E-state index in [-0.39, 0.29) is 16.8 Å². The van der Waals surface area contributed by atoms with Gasteiger partial charge in [-0.2, -0.15) is 13.2 Å². The van der Waals surface area contributed by atoms with Crippen LogP contribution < -0.4 is 10.5 Å². The first kappa shape index (κ1) is 16.0. The van der Waals surface area contributed by atoms with Crippen LogP contribution in [0.1, 0.15) is 5.56 Å². The Morgan fingerprint density at radius 3 is 1.86 bits per heavy atom. The van der Waals surface area contributed by atoms with E-state index >= 15 is 0 Å². The van der Waals surface area contributed by atoms with Crippen LogP contribution in [0.3, 0.4) is 0 Å². The zero-order valence-electron chi connectivity index (χ0n) is 10.8. The van der Waals surface area contributed by atoms with Crippen molar-refractivity contribution in [3.63, 3.8) is 0 Å². The van der Waals surface area contributed by atoms with Gasteiger partial charge in [0.15, 0.2) is 0 Å². The first-order valence-corrected chi connectivity index (χ1v) is 5.88. The molecule has 0 bridgehead atoms. The van der Waals surface area contributed by atoms with Gasteiger partial charge in [-0.1, -0.05) is 12.1 Å². The smallest absolute Gasteiger partial charge is 0.406 e. The van der Waals surface area contributed by atoms with E-state index in [1.54, 1.807) is 0 Å². The highest BCUT2D eigenvalue weighted by molar-refractivity contribution is 5.70. The quantitative estimate of drug-likeness (QED) is 0.634. The van der Waals surface area contributed by atoms with E-state index < -0.39 is 23.9 Å². The molecular weight excluding hydrogens is 312 g/mol. The number of rotatable bonds is 2. The molecule has 0 saturated carbocycles. The predicted octanol–water partition coefficient (Wildman–Crippen LogP) is 4.85. The van der Waals surface area contributed by atoms with Gasteiger partial charge in [0.05, 0.1) is 5.56 Å². The van der Waals surface area contributed by atoms with Crippen LogP contribution in [0.2, 0.25) is 0 Å². The van der Waals surface area contributed by atoms with E-state index in [0.717, 1.165) is 36.4 Å². The van der Waals surface area contributed by atoms with Crippen LogP contribution in [-0.4, -0.2) is 6.36 Å². The molecule has 2 aromatic rings. The third kappa shape index (κ3) is 4.06. The highest BCUT2D eigenvalue weighted by Crippen LogP contribution is 2.33. The van der Waals surface area contributed by atoms with Crippen molar-refractivity contribution in [1.82, 2.24) is 0 Å². The van der Waals surface area contributed by atoms with Crippen LogP contribution in [0.25, 0.3) is 11.1 Å². The number of halogens is 6. The molecule has 0 aliphatic heterocycles. The molecule has 0 aromatic heterocycles. The molecule has 0 spiro atoms. The Balaban J connectivity index is 2.36. The van der Waals surface area contributed by atoms with Crippen LogP contribution in [0.5, 0.6) is 5.75 Å². The summed E-state index contributed by atoms with van der Waals surface area (Å²) in [6, 6.07) is 7.33. The van der Waals surface area contributed by atoms with Gasteiger partial charge in [-0.3, -0.25) is 0 Å². The average molecular weight is 321 g/mol. The summed E-state index contributed by atoms with van der Waals surface area (Å²) in [5, 5.41) is 0. The zero-order valence-corrected chi connectivity index (χ0v) is 10.8. The normalized spacial score (nSPS) is 12.3. The first-order chi connectivity index (χ1) is 10.0. The van der Waals surface area contributed by atoms with Gasteiger partial charge in [0.2, 0.25) is 0 Å². The number of hydrogen-bond acceptors (Lipinski definition) is 2. The molecular formula is C14H9F6NO. The Morgan fingerprint density at radius 2 is 1.36 bits per heavy atom. The molecule has 0 aliphatic carbocycles. The molecule has 0 radical (unpaired) electrons. The fourth-order valence-electron chi connectivity index (χ4n) is 1.83. The molecule has 0 fully saturated rings. The lowest BCUT2D eigenvalue weighted by Crippen LogP contribution is -2.17. The van der Waals surface area contributed by atoms with Crippen molar-refractivity contribution in [1.29, 1.82) is 0 Å². The van der Waals surface area contributed by atoms with Crippen molar-refractivity contribution < 1.29 is 31.1 Å². The van der Waals surface area contributed by atoms with Crippen LogP contribution in [0.4, 0.5) is 32.0 Å². The molecule has 0 atom stereocenters. The van der Waals surface area contributed by atoms with E-state index in [1.165, 1.54) is 6.07 Å². The van der Waals surface area contributed by atoms with Crippen LogP contribution in [-0.2, 0) is 6.18 Å². The van der Waals surface area contributed by atoms with Crippen molar-refractivity contribution in [3.05, 3.63) is 48.0 Å². The summed E-state index contributed by atoms with van der Waals surface area (Å²) in [4.78, 5) is 0. The average Bonchev–Trinajstić information content (AvgIpc) is 2.35. The summed E-state index contributed by atoms with van der Waals surface area (Å²) in [5.74, 6) is -0.539. The number of nitrogen functional groups attached to an aromatic ring is 1.